The third-order valence-electron chi connectivity index (χ3n) is 3.39. The van der Waals surface area contributed by atoms with Crippen molar-refractivity contribution in [2.24, 2.45) is 0 Å². The van der Waals surface area contributed by atoms with Crippen LogP contribution in [0.15, 0.2) is 46.9 Å². The number of amides is 2. The lowest BCUT2D eigenvalue weighted by Gasteiger charge is -2.13. The smallest absolute Gasteiger partial charge is 0.276 e. The van der Waals surface area contributed by atoms with E-state index in [4.69, 9.17) is 21.7 Å². The first-order chi connectivity index (χ1) is 12.9. The minimum Gasteiger partial charge on any atom is -0.496 e. The monoisotopic (exact) mass is 451 g/mol. The van der Waals surface area contributed by atoms with Crippen molar-refractivity contribution < 1.29 is 19.1 Å². The van der Waals surface area contributed by atoms with Gasteiger partial charge in [-0.3, -0.25) is 25.8 Å². The van der Waals surface area contributed by atoms with Gasteiger partial charge in [-0.1, -0.05) is 28.1 Å². The molecule has 0 bridgehead atoms. The zero-order valence-electron chi connectivity index (χ0n) is 14.7. The summed E-state index contributed by atoms with van der Waals surface area (Å²) in [5, 5.41) is 2.40. The first kappa shape index (κ1) is 20.7. The van der Waals surface area contributed by atoms with Crippen LogP contribution in [0.5, 0.6) is 11.5 Å². The molecule has 0 fully saturated rings. The molecule has 2 rings (SSSR count). The van der Waals surface area contributed by atoms with E-state index in [0.717, 1.165) is 10.0 Å². The van der Waals surface area contributed by atoms with Gasteiger partial charge in [-0.25, -0.2) is 0 Å². The number of rotatable bonds is 5. The Hall–Kier alpha value is -2.65. The van der Waals surface area contributed by atoms with Gasteiger partial charge < -0.3 is 9.47 Å². The van der Waals surface area contributed by atoms with Crippen molar-refractivity contribution in [1.82, 2.24) is 16.2 Å². The molecule has 0 unspecified atom stereocenters. The van der Waals surface area contributed by atoms with E-state index in [-0.39, 0.29) is 11.7 Å². The second kappa shape index (κ2) is 9.89. The van der Waals surface area contributed by atoms with Crippen molar-refractivity contribution in [3.8, 4) is 11.5 Å². The van der Waals surface area contributed by atoms with Crippen molar-refractivity contribution in [2.75, 3.05) is 13.7 Å². The number of hydrogen-bond donors (Lipinski definition) is 3. The molecule has 3 N–H and O–H groups in total. The third kappa shape index (κ3) is 6.22. The van der Waals surface area contributed by atoms with E-state index in [2.05, 4.69) is 32.1 Å². The zero-order valence-corrected chi connectivity index (χ0v) is 17.1. The summed E-state index contributed by atoms with van der Waals surface area (Å²) in [6.07, 6.45) is 0. The zero-order chi connectivity index (χ0) is 19.8. The van der Waals surface area contributed by atoms with Crippen LogP contribution < -0.4 is 25.6 Å². The second-order valence-electron chi connectivity index (χ2n) is 5.36. The number of hydrogen-bond acceptors (Lipinski definition) is 5. The number of carbonyl (C=O) groups excluding carboxylic acids is 2. The average Bonchev–Trinajstić information content (AvgIpc) is 2.67. The fraction of sp³-hybridized carbons (Fsp3) is 0.167. The second-order valence-corrected chi connectivity index (χ2v) is 6.62. The van der Waals surface area contributed by atoms with Gasteiger partial charge in [-0.15, -0.1) is 0 Å². The Labute approximate surface area is 170 Å². The molecule has 0 saturated heterocycles. The van der Waals surface area contributed by atoms with Gasteiger partial charge in [-0.2, -0.15) is 0 Å². The molecule has 0 atom stereocenters. The van der Waals surface area contributed by atoms with Crippen molar-refractivity contribution >= 4 is 45.1 Å². The van der Waals surface area contributed by atoms with Crippen LogP contribution in [0.4, 0.5) is 0 Å². The SMILES string of the molecule is COc1ccccc1C(=O)NC(=S)NNC(=O)COc1ccc(Br)c(C)c1. The number of benzene rings is 2. The van der Waals surface area contributed by atoms with Gasteiger partial charge in [0.15, 0.2) is 11.7 Å². The van der Waals surface area contributed by atoms with Gasteiger partial charge in [0.1, 0.15) is 11.5 Å². The van der Waals surface area contributed by atoms with Crippen LogP contribution in [0, 0.1) is 6.92 Å². The molecule has 2 amide bonds. The van der Waals surface area contributed by atoms with Crippen LogP contribution in [0.2, 0.25) is 0 Å². The number of ether oxygens (including phenoxy) is 2. The summed E-state index contributed by atoms with van der Waals surface area (Å²) in [7, 11) is 1.47. The summed E-state index contributed by atoms with van der Waals surface area (Å²) in [6.45, 7) is 1.71. The van der Waals surface area contributed by atoms with E-state index < -0.39 is 11.8 Å². The van der Waals surface area contributed by atoms with Crippen LogP contribution in [0.3, 0.4) is 0 Å². The first-order valence-corrected chi connectivity index (χ1v) is 9.03. The van der Waals surface area contributed by atoms with Gasteiger partial charge in [0, 0.05) is 4.47 Å². The highest BCUT2D eigenvalue weighted by atomic mass is 79.9. The maximum atomic E-state index is 12.2. The molecule has 27 heavy (non-hydrogen) atoms. The molecule has 0 aliphatic heterocycles. The lowest BCUT2D eigenvalue weighted by Crippen LogP contribution is -2.49. The molecule has 0 spiro atoms. The van der Waals surface area contributed by atoms with Crippen molar-refractivity contribution in [3.05, 3.63) is 58.1 Å². The summed E-state index contributed by atoms with van der Waals surface area (Å²) in [5.41, 5.74) is 6.12. The van der Waals surface area contributed by atoms with Crippen LogP contribution in [-0.2, 0) is 4.79 Å². The Morgan fingerprint density at radius 2 is 1.89 bits per heavy atom. The Kier molecular flexibility index (Phi) is 7.56. The molecule has 9 heteroatoms. The van der Waals surface area contributed by atoms with Crippen LogP contribution >= 0.6 is 28.1 Å². The number of nitrogens with one attached hydrogen (secondary N) is 3. The minimum atomic E-state index is -0.458. The first-order valence-electron chi connectivity index (χ1n) is 7.83. The van der Waals surface area contributed by atoms with E-state index in [1.54, 1.807) is 30.3 Å². The van der Waals surface area contributed by atoms with E-state index in [1.165, 1.54) is 7.11 Å². The summed E-state index contributed by atoms with van der Waals surface area (Å²) < 4.78 is 11.5. The highest BCUT2D eigenvalue weighted by molar-refractivity contribution is 9.10. The number of methoxy groups -OCH3 is 1. The Bertz CT molecular complexity index is 860. The van der Waals surface area contributed by atoms with E-state index in [9.17, 15) is 9.59 Å². The Balaban J connectivity index is 1.78. The molecular weight excluding hydrogens is 434 g/mol. The standard InChI is InChI=1S/C18H18BrN3O4S/c1-11-9-12(7-8-14(11)19)26-10-16(23)21-22-18(27)20-17(24)13-5-3-4-6-15(13)25-2/h3-9H,10H2,1-2H3,(H,21,23)(H2,20,22,24,27). The van der Waals surface area contributed by atoms with Crippen LogP contribution in [-0.4, -0.2) is 30.6 Å². The lowest BCUT2D eigenvalue weighted by atomic mass is 10.2. The highest BCUT2D eigenvalue weighted by Crippen LogP contribution is 2.21. The molecule has 0 radical (unpaired) electrons. The predicted octanol–water partition coefficient (Wildman–Crippen LogP) is 2.48. The molecule has 0 aliphatic carbocycles. The van der Waals surface area contributed by atoms with Gasteiger partial charge in [0.25, 0.3) is 11.8 Å². The summed E-state index contributed by atoms with van der Waals surface area (Å²) in [4.78, 5) is 24.0. The average molecular weight is 452 g/mol. The number of carbonyl (C=O) groups is 2. The van der Waals surface area contributed by atoms with Crippen LogP contribution in [0.25, 0.3) is 0 Å². The van der Waals surface area contributed by atoms with Gasteiger partial charge in [-0.05, 0) is 55.0 Å². The van der Waals surface area contributed by atoms with Crippen molar-refractivity contribution in [3.63, 3.8) is 0 Å². The maximum absolute atomic E-state index is 12.2. The highest BCUT2D eigenvalue weighted by Gasteiger charge is 2.13. The minimum absolute atomic E-state index is 0.0567. The molecular formula is C18H18BrN3O4S. The lowest BCUT2D eigenvalue weighted by molar-refractivity contribution is -0.123. The molecule has 0 saturated carbocycles. The summed E-state index contributed by atoms with van der Waals surface area (Å²) in [5.74, 6) is 0.0724. The molecule has 7 nitrogen and oxygen atoms in total. The van der Waals surface area contributed by atoms with E-state index in [0.29, 0.717) is 17.1 Å². The molecule has 0 aliphatic rings. The normalized spacial score (nSPS) is 9.89. The van der Waals surface area contributed by atoms with E-state index in [1.807, 2.05) is 19.1 Å². The van der Waals surface area contributed by atoms with Gasteiger partial charge in [0.2, 0.25) is 0 Å². The summed E-state index contributed by atoms with van der Waals surface area (Å²) in [6, 6.07) is 12.1. The topological polar surface area (TPSA) is 88.7 Å². The molecule has 142 valence electrons. The predicted molar refractivity (Wildman–Crippen MR) is 109 cm³/mol. The number of halogens is 1. The quantitative estimate of drug-likeness (QED) is 0.477. The largest absolute Gasteiger partial charge is 0.496 e. The third-order valence-corrected chi connectivity index (χ3v) is 4.49. The van der Waals surface area contributed by atoms with E-state index >= 15 is 0 Å². The van der Waals surface area contributed by atoms with Crippen molar-refractivity contribution in [2.45, 2.75) is 6.92 Å². The van der Waals surface area contributed by atoms with Crippen molar-refractivity contribution in [1.29, 1.82) is 0 Å². The number of thiocarbonyl (C=S) groups is 1. The molecule has 2 aromatic carbocycles. The summed E-state index contributed by atoms with van der Waals surface area (Å²) >= 11 is 8.39. The fourth-order valence-corrected chi connectivity index (χ4v) is 2.44. The maximum Gasteiger partial charge on any atom is 0.276 e. The Morgan fingerprint density at radius 3 is 2.59 bits per heavy atom. The molecule has 0 heterocycles. The molecule has 0 aromatic heterocycles. The van der Waals surface area contributed by atoms with Gasteiger partial charge in [0.05, 0.1) is 12.7 Å². The number of para-hydroxylation sites is 1. The molecule has 2 aromatic rings. The fourth-order valence-electron chi connectivity index (χ4n) is 2.05. The number of hydrazine groups is 1. The number of aryl methyl sites for hydroxylation is 1. The van der Waals surface area contributed by atoms with Crippen LogP contribution in [0.1, 0.15) is 15.9 Å². The Morgan fingerprint density at radius 1 is 1.15 bits per heavy atom. The van der Waals surface area contributed by atoms with Gasteiger partial charge >= 0.3 is 0 Å².